The average molecular weight is 194 g/mol. The molecule has 2 unspecified atom stereocenters. The molecule has 0 saturated heterocycles. The Bertz CT molecular complexity index is 371. The normalized spacial score (nSPS) is 14.5. The highest BCUT2D eigenvalue weighted by molar-refractivity contribution is 5.35. The second-order valence-electron chi connectivity index (χ2n) is 3.12. The largest absolute Gasteiger partial charge is 0.391 e. The van der Waals surface area contributed by atoms with Crippen molar-refractivity contribution in [2.24, 2.45) is 5.73 Å². The molecule has 0 radical (unpaired) electrons. The van der Waals surface area contributed by atoms with E-state index in [1.54, 1.807) is 13.0 Å². The first-order valence-corrected chi connectivity index (χ1v) is 4.19. The Hall–Kier alpha value is -1.44. The molecule has 0 spiro atoms. The van der Waals surface area contributed by atoms with E-state index in [1.807, 2.05) is 0 Å². The zero-order valence-corrected chi connectivity index (χ0v) is 7.74. The number of hydrogen-bond acceptors (Lipinski definition) is 3. The van der Waals surface area contributed by atoms with Crippen LogP contribution in [0.5, 0.6) is 0 Å². The van der Waals surface area contributed by atoms with E-state index in [1.165, 1.54) is 18.2 Å². The van der Waals surface area contributed by atoms with Crippen LogP contribution in [0.4, 0.5) is 4.39 Å². The summed E-state index contributed by atoms with van der Waals surface area (Å²) < 4.78 is 12.9. The Kier molecular flexibility index (Phi) is 3.18. The van der Waals surface area contributed by atoms with Crippen LogP contribution in [0.2, 0.25) is 0 Å². The number of nitriles is 1. The van der Waals surface area contributed by atoms with E-state index in [4.69, 9.17) is 11.0 Å². The zero-order valence-electron chi connectivity index (χ0n) is 7.74. The predicted octanol–water partition coefficient (Wildman–Crippen LogP) is 1.08. The molecule has 2 atom stereocenters. The number of halogens is 1. The van der Waals surface area contributed by atoms with Crippen LogP contribution in [-0.2, 0) is 0 Å². The maximum atomic E-state index is 12.9. The molecular formula is C10H11FN2O. The fraction of sp³-hybridized carbons (Fsp3) is 0.300. The fourth-order valence-electron chi connectivity index (χ4n) is 1.11. The van der Waals surface area contributed by atoms with Crippen LogP contribution in [0, 0.1) is 17.1 Å². The van der Waals surface area contributed by atoms with Crippen LogP contribution in [0.3, 0.4) is 0 Å². The van der Waals surface area contributed by atoms with E-state index in [9.17, 15) is 9.50 Å². The summed E-state index contributed by atoms with van der Waals surface area (Å²) in [4.78, 5) is 0. The maximum absolute atomic E-state index is 12.9. The number of rotatable bonds is 2. The van der Waals surface area contributed by atoms with E-state index in [0.29, 0.717) is 5.56 Å². The Morgan fingerprint density at radius 2 is 2.21 bits per heavy atom. The molecule has 0 heterocycles. The number of aliphatic hydroxyl groups excluding tert-OH is 1. The summed E-state index contributed by atoms with van der Waals surface area (Å²) in [6.07, 6.45) is -0.730. The summed E-state index contributed by atoms with van der Waals surface area (Å²) in [6.45, 7) is 1.54. The van der Waals surface area contributed by atoms with Crippen molar-refractivity contribution >= 4 is 0 Å². The van der Waals surface area contributed by atoms with Gasteiger partial charge < -0.3 is 10.8 Å². The zero-order chi connectivity index (χ0) is 10.7. The van der Waals surface area contributed by atoms with Crippen molar-refractivity contribution in [2.45, 2.75) is 19.1 Å². The molecule has 1 rings (SSSR count). The summed E-state index contributed by atoms with van der Waals surface area (Å²) >= 11 is 0. The third-order valence-corrected chi connectivity index (χ3v) is 2.02. The minimum Gasteiger partial charge on any atom is -0.391 e. The van der Waals surface area contributed by atoms with Gasteiger partial charge in [-0.1, -0.05) is 6.07 Å². The first-order valence-electron chi connectivity index (χ1n) is 4.19. The van der Waals surface area contributed by atoms with Gasteiger partial charge in [-0.2, -0.15) is 5.26 Å². The van der Waals surface area contributed by atoms with Crippen molar-refractivity contribution < 1.29 is 9.50 Å². The molecule has 3 nitrogen and oxygen atoms in total. The molecule has 0 bridgehead atoms. The number of hydrogen-bond donors (Lipinski definition) is 2. The molecule has 0 aliphatic rings. The minimum atomic E-state index is -0.730. The van der Waals surface area contributed by atoms with Crippen molar-refractivity contribution in [1.82, 2.24) is 0 Å². The molecule has 0 aromatic heterocycles. The van der Waals surface area contributed by atoms with Crippen LogP contribution in [0.25, 0.3) is 0 Å². The van der Waals surface area contributed by atoms with Crippen molar-refractivity contribution in [2.75, 3.05) is 0 Å². The number of nitrogens with zero attached hydrogens (tertiary/aromatic N) is 1. The summed E-state index contributed by atoms with van der Waals surface area (Å²) in [5.41, 5.74) is 6.13. The predicted molar refractivity (Wildman–Crippen MR) is 49.7 cm³/mol. The molecule has 4 heteroatoms. The molecular weight excluding hydrogens is 183 g/mol. The fourth-order valence-corrected chi connectivity index (χ4v) is 1.11. The van der Waals surface area contributed by atoms with Gasteiger partial charge in [0, 0.05) is 0 Å². The molecule has 0 aliphatic heterocycles. The third kappa shape index (κ3) is 2.08. The lowest BCUT2D eigenvalue weighted by Crippen LogP contribution is -2.23. The highest BCUT2D eigenvalue weighted by Crippen LogP contribution is 2.17. The van der Waals surface area contributed by atoms with Crippen molar-refractivity contribution in [3.05, 3.63) is 35.1 Å². The second kappa shape index (κ2) is 4.18. The SMILES string of the molecule is CC(O)C(N)c1ccc(F)c(C#N)c1. The van der Waals surface area contributed by atoms with Crippen LogP contribution < -0.4 is 5.73 Å². The van der Waals surface area contributed by atoms with Gasteiger partial charge in [0.25, 0.3) is 0 Å². The van der Waals surface area contributed by atoms with E-state index in [2.05, 4.69) is 0 Å². The average Bonchev–Trinajstić information content (AvgIpc) is 2.17. The topological polar surface area (TPSA) is 70.0 Å². The van der Waals surface area contributed by atoms with Crippen molar-refractivity contribution in [3.8, 4) is 6.07 Å². The summed E-state index contributed by atoms with van der Waals surface area (Å²) in [5, 5.41) is 17.8. The monoisotopic (exact) mass is 194 g/mol. The van der Waals surface area contributed by atoms with Gasteiger partial charge in [-0.15, -0.1) is 0 Å². The molecule has 0 fully saturated rings. The van der Waals surface area contributed by atoms with Crippen LogP contribution >= 0.6 is 0 Å². The first-order chi connectivity index (χ1) is 6.56. The quantitative estimate of drug-likeness (QED) is 0.740. The smallest absolute Gasteiger partial charge is 0.140 e. The Labute approximate surface area is 81.6 Å². The van der Waals surface area contributed by atoms with E-state index in [-0.39, 0.29) is 5.56 Å². The maximum Gasteiger partial charge on any atom is 0.140 e. The van der Waals surface area contributed by atoms with Crippen LogP contribution in [0.15, 0.2) is 18.2 Å². The van der Waals surface area contributed by atoms with Gasteiger partial charge in [0.05, 0.1) is 17.7 Å². The highest BCUT2D eigenvalue weighted by Gasteiger charge is 2.13. The summed E-state index contributed by atoms with van der Waals surface area (Å²) in [6, 6.07) is 5.12. The molecule has 14 heavy (non-hydrogen) atoms. The van der Waals surface area contributed by atoms with E-state index in [0.717, 1.165) is 0 Å². The molecule has 0 amide bonds. The standard InChI is InChI=1S/C10H11FN2O/c1-6(14)10(13)7-2-3-9(11)8(4-7)5-12/h2-4,6,10,14H,13H2,1H3. The molecule has 0 saturated carbocycles. The van der Waals surface area contributed by atoms with Crippen molar-refractivity contribution in [1.29, 1.82) is 5.26 Å². The van der Waals surface area contributed by atoms with Gasteiger partial charge in [0.1, 0.15) is 11.9 Å². The summed E-state index contributed by atoms with van der Waals surface area (Å²) in [7, 11) is 0. The molecule has 1 aromatic rings. The highest BCUT2D eigenvalue weighted by atomic mass is 19.1. The van der Waals surface area contributed by atoms with Gasteiger partial charge in [-0.3, -0.25) is 0 Å². The summed E-state index contributed by atoms with van der Waals surface area (Å²) in [5.74, 6) is -0.575. The molecule has 0 aliphatic carbocycles. The van der Waals surface area contributed by atoms with E-state index < -0.39 is 18.0 Å². The first kappa shape index (κ1) is 10.6. The van der Waals surface area contributed by atoms with Crippen LogP contribution in [0.1, 0.15) is 24.1 Å². The molecule has 3 N–H and O–H groups in total. The Morgan fingerprint density at radius 1 is 1.57 bits per heavy atom. The van der Waals surface area contributed by atoms with Crippen molar-refractivity contribution in [3.63, 3.8) is 0 Å². The number of benzene rings is 1. The van der Waals surface area contributed by atoms with Gasteiger partial charge in [0.2, 0.25) is 0 Å². The van der Waals surface area contributed by atoms with Gasteiger partial charge in [-0.25, -0.2) is 4.39 Å². The lowest BCUT2D eigenvalue weighted by atomic mass is 10.0. The number of nitrogens with two attached hydrogens (primary N) is 1. The minimum absolute atomic E-state index is 0.0569. The second-order valence-corrected chi connectivity index (χ2v) is 3.12. The lowest BCUT2D eigenvalue weighted by molar-refractivity contribution is 0.164. The van der Waals surface area contributed by atoms with Gasteiger partial charge >= 0.3 is 0 Å². The third-order valence-electron chi connectivity index (χ3n) is 2.02. The molecule has 1 aromatic carbocycles. The Balaban J connectivity index is 3.08. The Morgan fingerprint density at radius 3 is 2.71 bits per heavy atom. The van der Waals surface area contributed by atoms with Gasteiger partial charge in [0.15, 0.2) is 0 Å². The van der Waals surface area contributed by atoms with Crippen LogP contribution in [-0.4, -0.2) is 11.2 Å². The van der Waals surface area contributed by atoms with E-state index >= 15 is 0 Å². The number of aliphatic hydroxyl groups is 1. The van der Waals surface area contributed by atoms with Gasteiger partial charge in [-0.05, 0) is 24.6 Å². The lowest BCUT2D eigenvalue weighted by Gasteiger charge is -2.15. The molecule has 74 valence electrons.